The van der Waals surface area contributed by atoms with Gasteiger partial charge in [0.25, 0.3) is 5.69 Å². The van der Waals surface area contributed by atoms with E-state index in [4.69, 9.17) is 23.7 Å². The first-order valence-electron chi connectivity index (χ1n) is 20.6. The molecule has 0 aromatic heterocycles. The molecule has 2 atom stereocenters. The average molecular weight is 829 g/mol. The second kappa shape index (κ2) is 26.8. The van der Waals surface area contributed by atoms with Crippen molar-refractivity contribution in [1.82, 2.24) is 0 Å². The molecule has 0 radical (unpaired) electrons. The second-order valence-electron chi connectivity index (χ2n) is 14.0. The molecule has 0 aliphatic heterocycles. The molecule has 0 amide bonds. The van der Waals surface area contributed by atoms with E-state index in [1.54, 1.807) is 42.5 Å². The normalized spacial score (nSPS) is 12.2. The molecule has 324 valence electrons. The van der Waals surface area contributed by atoms with Gasteiger partial charge in [-0.2, -0.15) is 0 Å². The second-order valence-corrected chi connectivity index (χ2v) is 14.0. The van der Waals surface area contributed by atoms with E-state index in [2.05, 4.69) is 61.3 Å². The number of hydrogen-bond acceptors (Lipinski definition) is 14. The summed E-state index contributed by atoms with van der Waals surface area (Å²) in [6.45, 7) is 17.0. The van der Waals surface area contributed by atoms with Gasteiger partial charge < -0.3 is 28.6 Å². The predicted octanol–water partition coefficient (Wildman–Crippen LogP) is 11.9. The summed E-state index contributed by atoms with van der Waals surface area (Å²) in [5.41, 5.74) is 1.73. The fourth-order valence-corrected chi connectivity index (χ4v) is 6.00. The van der Waals surface area contributed by atoms with Crippen LogP contribution >= 0.6 is 0 Å². The van der Waals surface area contributed by atoms with E-state index in [9.17, 15) is 19.7 Å². The number of nitro groups is 1. The first kappa shape index (κ1) is 48.3. The standard InChI is InChI=1S/C45H60N6O9/c1-8-14-18-33(10-3)31-59-42-30-39(43(60-32-34(11-4)19-15-9-2)29-38(42)48-46-36-20-16-17-21-40(36)51(54)55)49-47-37-23-22-35(28-41(37)56-7)50(24-26-57-44(52)12-5)25-27-58-45(53)13-6/h12-13,16-17,20-23,28-30,33-34H,5-6,8-11,14-15,18-19,24-27,31-32H2,1-4,7H3/b48-46+,49-47+. The average Bonchev–Trinajstić information content (AvgIpc) is 3.27. The van der Waals surface area contributed by atoms with E-state index >= 15 is 0 Å². The van der Waals surface area contributed by atoms with Crippen LogP contribution in [0.25, 0.3) is 0 Å². The quantitative estimate of drug-likeness (QED) is 0.0215. The Balaban J connectivity index is 2.11. The zero-order valence-electron chi connectivity index (χ0n) is 35.7. The van der Waals surface area contributed by atoms with Crippen molar-refractivity contribution in [2.75, 3.05) is 51.5 Å². The Morgan fingerprint density at radius 3 is 1.68 bits per heavy atom. The minimum Gasteiger partial charge on any atom is -0.494 e. The summed E-state index contributed by atoms with van der Waals surface area (Å²) < 4.78 is 29.1. The highest BCUT2D eigenvalue weighted by Crippen LogP contribution is 2.43. The predicted molar refractivity (Wildman–Crippen MR) is 233 cm³/mol. The minimum atomic E-state index is -0.553. The summed E-state index contributed by atoms with van der Waals surface area (Å²) in [4.78, 5) is 36.6. The molecule has 0 fully saturated rings. The van der Waals surface area contributed by atoms with Crippen LogP contribution in [0.3, 0.4) is 0 Å². The third kappa shape index (κ3) is 15.9. The zero-order chi connectivity index (χ0) is 43.7. The molecular weight excluding hydrogens is 769 g/mol. The first-order valence-corrected chi connectivity index (χ1v) is 20.6. The van der Waals surface area contributed by atoms with Gasteiger partial charge in [-0.25, -0.2) is 9.59 Å². The van der Waals surface area contributed by atoms with Crippen molar-refractivity contribution >= 4 is 46.1 Å². The molecule has 0 saturated carbocycles. The number of carbonyl (C=O) groups is 2. The topological polar surface area (TPSA) is 176 Å². The molecule has 15 nitrogen and oxygen atoms in total. The molecule has 0 aliphatic rings. The van der Waals surface area contributed by atoms with Crippen LogP contribution in [0.4, 0.5) is 34.1 Å². The van der Waals surface area contributed by atoms with Crippen LogP contribution in [0.15, 0.2) is 100 Å². The van der Waals surface area contributed by atoms with Crippen LogP contribution in [-0.4, -0.2) is 63.5 Å². The number of hydrogen-bond donors (Lipinski definition) is 0. The number of esters is 2. The number of unbranched alkanes of at least 4 members (excludes halogenated alkanes) is 2. The molecule has 3 aromatic rings. The molecule has 0 bridgehead atoms. The monoisotopic (exact) mass is 828 g/mol. The Kier molecular flexibility index (Phi) is 21.5. The fourth-order valence-electron chi connectivity index (χ4n) is 6.00. The van der Waals surface area contributed by atoms with Crippen LogP contribution < -0.4 is 19.1 Å². The molecule has 2 unspecified atom stereocenters. The van der Waals surface area contributed by atoms with Crippen molar-refractivity contribution in [2.24, 2.45) is 32.3 Å². The molecule has 60 heavy (non-hydrogen) atoms. The lowest BCUT2D eigenvalue weighted by Gasteiger charge is -2.25. The van der Waals surface area contributed by atoms with Crippen molar-refractivity contribution in [1.29, 1.82) is 0 Å². The van der Waals surface area contributed by atoms with E-state index in [0.29, 0.717) is 65.0 Å². The zero-order valence-corrected chi connectivity index (χ0v) is 35.7. The Labute approximate surface area is 353 Å². The number of carbonyl (C=O) groups excluding carboxylic acids is 2. The number of methoxy groups -OCH3 is 1. The number of azo groups is 2. The van der Waals surface area contributed by atoms with Gasteiger partial charge in [-0.15, -0.1) is 20.5 Å². The van der Waals surface area contributed by atoms with Crippen molar-refractivity contribution in [2.45, 2.75) is 79.1 Å². The van der Waals surface area contributed by atoms with Gasteiger partial charge in [-0.3, -0.25) is 10.1 Å². The number of nitrogens with zero attached hydrogens (tertiary/aromatic N) is 6. The Morgan fingerprint density at radius 1 is 0.717 bits per heavy atom. The van der Waals surface area contributed by atoms with Gasteiger partial charge in [0.15, 0.2) is 5.69 Å². The van der Waals surface area contributed by atoms with Gasteiger partial charge >= 0.3 is 11.9 Å². The molecule has 0 N–H and O–H groups in total. The van der Waals surface area contributed by atoms with Gasteiger partial charge in [0.2, 0.25) is 0 Å². The summed E-state index contributed by atoms with van der Waals surface area (Å²) in [6.07, 6.45) is 10.3. The van der Waals surface area contributed by atoms with Crippen molar-refractivity contribution in [3.8, 4) is 17.2 Å². The van der Waals surface area contributed by atoms with Crippen LogP contribution in [0, 0.1) is 22.0 Å². The lowest BCUT2D eigenvalue weighted by atomic mass is 10.0. The molecule has 3 aromatic carbocycles. The van der Waals surface area contributed by atoms with Gasteiger partial charge in [-0.1, -0.05) is 91.5 Å². The highest BCUT2D eigenvalue weighted by atomic mass is 16.6. The van der Waals surface area contributed by atoms with Crippen LogP contribution in [0.1, 0.15) is 79.1 Å². The summed E-state index contributed by atoms with van der Waals surface area (Å²) >= 11 is 0. The van der Waals surface area contributed by atoms with E-state index in [1.165, 1.54) is 19.2 Å². The van der Waals surface area contributed by atoms with E-state index in [0.717, 1.165) is 63.5 Å². The number of nitro benzene ring substituents is 1. The van der Waals surface area contributed by atoms with Crippen LogP contribution in [0.5, 0.6) is 17.2 Å². The first-order chi connectivity index (χ1) is 29.1. The number of ether oxygens (including phenoxy) is 5. The van der Waals surface area contributed by atoms with Crippen molar-refractivity contribution in [3.05, 3.63) is 90.0 Å². The summed E-state index contributed by atoms with van der Waals surface area (Å²) in [5.74, 6) is 0.640. The smallest absolute Gasteiger partial charge is 0.330 e. The lowest BCUT2D eigenvalue weighted by molar-refractivity contribution is -0.384. The van der Waals surface area contributed by atoms with Gasteiger partial charge in [-0.05, 0) is 42.9 Å². The highest BCUT2D eigenvalue weighted by molar-refractivity contribution is 5.81. The highest BCUT2D eigenvalue weighted by Gasteiger charge is 2.19. The summed E-state index contributed by atoms with van der Waals surface area (Å²) in [6, 6.07) is 14.9. The van der Waals surface area contributed by atoms with Gasteiger partial charge in [0.1, 0.15) is 47.5 Å². The van der Waals surface area contributed by atoms with Gasteiger partial charge in [0.05, 0.1) is 38.3 Å². The molecule has 3 rings (SSSR count). The Hall–Kier alpha value is -6.12. The van der Waals surface area contributed by atoms with E-state index in [-0.39, 0.29) is 37.7 Å². The molecule has 0 aliphatic carbocycles. The number of benzene rings is 3. The Bertz CT molecular complexity index is 1890. The number of rotatable bonds is 29. The number of anilines is 1. The van der Waals surface area contributed by atoms with Crippen LogP contribution in [-0.2, 0) is 19.1 Å². The molecule has 0 saturated heterocycles. The molecule has 0 heterocycles. The third-order valence-corrected chi connectivity index (χ3v) is 9.76. The van der Waals surface area contributed by atoms with Crippen molar-refractivity contribution in [3.63, 3.8) is 0 Å². The van der Waals surface area contributed by atoms with Crippen LogP contribution in [0.2, 0.25) is 0 Å². The largest absolute Gasteiger partial charge is 0.494 e. The lowest BCUT2D eigenvalue weighted by Crippen LogP contribution is -2.32. The summed E-state index contributed by atoms with van der Waals surface area (Å²) in [5, 5.41) is 29.8. The maximum absolute atomic E-state index is 11.8. The molecular formula is C45H60N6O9. The maximum Gasteiger partial charge on any atom is 0.330 e. The Morgan fingerprint density at radius 2 is 1.22 bits per heavy atom. The van der Waals surface area contributed by atoms with Crippen molar-refractivity contribution < 1.29 is 38.2 Å². The summed E-state index contributed by atoms with van der Waals surface area (Å²) in [7, 11) is 1.52. The maximum atomic E-state index is 11.8. The van der Waals surface area contributed by atoms with E-state index < -0.39 is 16.9 Å². The SMILES string of the molecule is C=CC(=O)OCCN(CCOC(=O)C=C)c1ccc(/N=N/c2cc(OCC(CC)CCCC)c(/N=N/c3ccccc3[N+](=O)[O-])cc2OCC(CC)CCCC)c(OC)c1. The third-order valence-electron chi connectivity index (χ3n) is 9.76. The fraction of sp³-hybridized carbons (Fsp3) is 0.467. The van der Waals surface area contributed by atoms with E-state index in [1.807, 2.05) is 4.90 Å². The number of para-hydroxylation sites is 1. The molecule has 0 spiro atoms. The molecule has 15 heteroatoms. The van der Waals surface area contributed by atoms with Gasteiger partial charge in [0, 0.05) is 42.1 Å². The minimum absolute atomic E-state index is 0.0595.